The molecule has 126 valence electrons. The molecule has 2 aromatic carbocycles. The Hall–Kier alpha value is -3.14. The second-order valence-corrected chi connectivity index (χ2v) is 5.67. The Morgan fingerprint density at radius 1 is 1.00 bits per heavy atom. The lowest BCUT2D eigenvalue weighted by atomic mass is 10.0. The molecule has 3 aromatic rings. The number of rotatable bonds is 7. The third-order valence-electron chi connectivity index (χ3n) is 3.96. The number of Topliss-reactive ketones (excluding diaryl/α,β-unsaturated/α-hetero) is 1. The zero-order chi connectivity index (χ0) is 17.5. The van der Waals surface area contributed by atoms with Crippen molar-refractivity contribution in [3.05, 3.63) is 90.3 Å². The van der Waals surface area contributed by atoms with Crippen LogP contribution in [0.15, 0.2) is 79.0 Å². The van der Waals surface area contributed by atoms with Gasteiger partial charge in [0, 0.05) is 23.9 Å². The van der Waals surface area contributed by atoms with E-state index in [0.29, 0.717) is 12.0 Å². The van der Waals surface area contributed by atoms with Gasteiger partial charge in [-0.1, -0.05) is 36.4 Å². The monoisotopic (exact) mass is 332 g/mol. The summed E-state index contributed by atoms with van der Waals surface area (Å²) in [6.07, 6.45) is 2.07. The van der Waals surface area contributed by atoms with E-state index in [1.54, 1.807) is 13.3 Å². The fourth-order valence-electron chi connectivity index (χ4n) is 2.63. The van der Waals surface area contributed by atoms with E-state index in [2.05, 4.69) is 10.3 Å². The summed E-state index contributed by atoms with van der Waals surface area (Å²) in [6.45, 7) is 0. The zero-order valence-corrected chi connectivity index (χ0v) is 14.1. The number of hydrogen-bond acceptors (Lipinski definition) is 4. The predicted octanol–water partition coefficient (Wildman–Crippen LogP) is 4.52. The van der Waals surface area contributed by atoms with Crippen LogP contribution in [0.2, 0.25) is 0 Å². The Bertz CT molecular complexity index is 802. The van der Waals surface area contributed by atoms with Gasteiger partial charge in [0.05, 0.1) is 18.8 Å². The second kappa shape index (κ2) is 8.11. The Morgan fingerprint density at radius 3 is 2.36 bits per heavy atom. The number of carbonyl (C=O) groups is 1. The minimum absolute atomic E-state index is 0.0808. The zero-order valence-electron chi connectivity index (χ0n) is 14.1. The molecule has 0 bridgehead atoms. The van der Waals surface area contributed by atoms with Gasteiger partial charge < -0.3 is 10.1 Å². The lowest BCUT2D eigenvalue weighted by molar-refractivity contribution is 0.0976. The number of carbonyl (C=O) groups excluding carboxylic acids is 1. The largest absolute Gasteiger partial charge is 0.497 e. The minimum Gasteiger partial charge on any atom is -0.497 e. The van der Waals surface area contributed by atoms with Crippen molar-refractivity contribution in [2.24, 2.45) is 0 Å². The van der Waals surface area contributed by atoms with Crippen LogP contribution in [0.5, 0.6) is 5.75 Å². The highest BCUT2D eigenvalue weighted by molar-refractivity contribution is 5.96. The maximum atomic E-state index is 12.6. The van der Waals surface area contributed by atoms with Crippen molar-refractivity contribution >= 4 is 11.5 Å². The molecular weight excluding hydrogens is 312 g/mol. The van der Waals surface area contributed by atoms with E-state index in [1.165, 1.54) is 0 Å². The molecule has 0 spiro atoms. The summed E-state index contributed by atoms with van der Waals surface area (Å²) in [5.41, 5.74) is 2.46. The summed E-state index contributed by atoms with van der Waals surface area (Å²) in [4.78, 5) is 17.0. The molecule has 0 fully saturated rings. The van der Waals surface area contributed by atoms with E-state index >= 15 is 0 Å². The lowest BCUT2D eigenvalue weighted by Gasteiger charge is -2.19. The van der Waals surface area contributed by atoms with Crippen molar-refractivity contribution < 1.29 is 9.53 Å². The van der Waals surface area contributed by atoms with Crippen LogP contribution in [0, 0.1) is 0 Å². The topological polar surface area (TPSA) is 51.2 Å². The van der Waals surface area contributed by atoms with Crippen LogP contribution in [-0.4, -0.2) is 17.9 Å². The van der Waals surface area contributed by atoms with Gasteiger partial charge in [-0.15, -0.1) is 0 Å². The molecule has 0 aliphatic heterocycles. The van der Waals surface area contributed by atoms with Gasteiger partial charge in [0.25, 0.3) is 0 Å². The van der Waals surface area contributed by atoms with Crippen molar-refractivity contribution in [2.45, 2.75) is 12.5 Å². The number of anilines is 1. The summed E-state index contributed by atoms with van der Waals surface area (Å²) in [6, 6.07) is 22.5. The van der Waals surface area contributed by atoms with Crippen LogP contribution < -0.4 is 10.1 Å². The molecule has 0 aliphatic carbocycles. The van der Waals surface area contributed by atoms with Crippen LogP contribution in [0.1, 0.15) is 28.5 Å². The predicted molar refractivity (Wildman–Crippen MR) is 99.0 cm³/mol. The number of nitrogens with zero attached hydrogens (tertiary/aromatic N) is 1. The highest BCUT2D eigenvalue weighted by Gasteiger charge is 2.18. The highest BCUT2D eigenvalue weighted by atomic mass is 16.5. The second-order valence-electron chi connectivity index (χ2n) is 5.67. The van der Waals surface area contributed by atoms with Gasteiger partial charge in [-0.3, -0.25) is 9.78 Å². The Kier molecular flexibility index (Phi) is 5.42. The molecule has 0 saturated carbocycles. The van der Waals surface area contributed by atoms with Gasteiger partial charge in [0.2, 0.25) is 0 Å². The van der Waals surface area contributed by atoms with Crippen LogP contribution in [0.25, 0.3) is 0 Å². The van der Waals surface area contributed by atoms with E-state index < -0.39 is 0 Å². The number of pyridine rings is 1. The fraction of sp³-hybridized carbons (Fsp3) is 0.143. The summed E-state index contributed by atoms with van der Waals surface area (Å²) in [7, 11) is 1.64. The number of aromatic nitrogens is 1. The van der Waals surface area contributed by atoms with Crippen molar-refractivity contribution in [1.29, 1.82) is 0 Å². The van der Waals surface area contributed by atoms with Crippen LogP contribution >= 0.6 is 0 Å². The molecule has 1 atom stereocenters. The maximum Gasteiger partial charge on any atom is 0.165 e. The minimum atomic E-state index is -0.206. The third kappa shape index (κ3) is 4.44. The van der Waals surface area contributed by atoms with Crippen LogP contribution in [0.4, 0.5) is 5.69 Å². The average Bonchev–Trinajstić information content (AvgIpc) is 2.69. The number of ether oxygens (including phenoxy) is 1. The molecule has 0 radical (unpaired) electrons. The van der Waals surface area contributed by atoms with E-state index in [1.807, 2.05) is 72.8 Å². The van der Waals surface area contributed by atoms with E-state index in [-0.39, 0.29) is 11.8 Å². The number of ketones is 1. The molecule has 1 aromatic heterocycles. The quantitative estimate of drug-likeness (QED) is 0.647. The van der Waals surface area contributed by atoms with Gasteiger partial charge in [0.1, 0.15) is 5.75 Å². The first kappa shape index (κ1) is 16.7. The Morgan fingerprint density at radius 2 is 1.72 bits per heavy atom. The number of benzene rings is 2. The van der Waals surface area contributed by atoms with Gasteiger partial charge >= 0.3 is 0 Å². The first-order valence-corrected chi connectivity index (χ1v) is 8.16. The van der Waals surface area contributed by atoms with Crippen molar-refractivity contribution in [3.63, 3.8) is 0 Å². The number of nitrogens with one attached hydrogen (secondary N) is 1. The number of hydrogen-bond donors (Lipinski definition) is 1. The normalized spacial score (nSPS) is 11.6. The molecule has 1 unspecified atom stereocenters. The molecule has 25 heavy (non-hydrogen) atoms. The van der Waals surface area contributed by atoms with Crippen molar-refractivity contribution in [1.82, 2.24) is 4.98 Å². The summed E-state index contributed by atoms with van der Waals surface area (Å²) in [5, 5.41) is 3.41. The SMILES string of the molecule is COc1ccc(NC(CC(=O)c2ccccc2)c2ccccn2)cc1. The molecule has 0 saturated heterocycles. The van der Waals surface area contributed by atoms with E-state index in [0.717, 1.165) is 17.1 Å². The molecular formula is C21H20N2O2. The standard InChI is InChI=1S/C21H20N2O2/c1-25-18-12-10-17(11-13-18)23-20(19-9-5-6-14-22-19)15-21(24)16-7-3-2-4-8-16/h2-14,20,23H,15H2,1H3. The van der Waals surface area contributed by atoms with Crippen molar-refractivity contribution in [2.75, 3.05) is 12.4 Å². The maximum absolute atomic E-state index is 12.6. The third-order valence-corrected chi connectivity index (χ3v) is 3.96. The fourth-order valence-corrected chi connectivity index (χ4v) is 2.63. The number of methoxy groups -OCH3 is 1. The molecule has 0 amide bonds. The van der Waals surface area contributed by atoms with Gasteiger partial charge in [-0.05, 0) is 36.4 Å². The smallest absolute Gasteiger partial charge is 0.165 e. The summed E-state index contributed by atoms with van der Waals surface area (Å²) in [5.74, 6) is 0.873. The average molecular weight is 332 g/mol. The van der Waals surface area contributed by atoms with Gasteiger partial charge in [-0.25, -0.2) is 0 Å². The molecule has 1 N–H and O–H groups in total. The molecule has 4 heteroatoms. The first-order valence-electron chi connectivity index (χ1n) is 8.16. The van der Waals surface area contributed by atoms with Crippen molar-refractivity contribution in [3.8, 4) is 5.75 Å². The van der Waals surface area contributed by atoms with E-state index in [4.69, 9.17) is 4.74 Å². The summed E-state index contributed by atoms with van der Waals surface area (Å²) < 4.78 is 5.19. The molecule has 0 aliphatic rings. The summed E-state index contributed by atoms with van der Waals surface area (Å²) >= 11 is 0. The van der Waals surface area contributed by atoms with E-state index in [9.17, 15) is 4.79 Å². The van der Waals surface area contributed by atoms with Crippen LogP contribution in [0.3, 0.4) is 0 Å². The Balaban J connectivity index is 1.81. The van der Waals surface area contributed by atoms with Gasteiger partial charge in [0.15, 0.2) is 5.78 Å². The lowest BCUT2D eigenvalue weighted by Crippen LogP contribution is -2.17. The Labute approximate surface area is 147 Å². The van der Waals surface area contributed by atoms with Crippen LogP contribution in [-0.2, 0) is 0 Å². The molecule has 1 heterocycles. The molecule has 3 rings (SSSR count). The first-order chi connectivity index (χ1) is 12.3. The highest BCUT2D eigenvalue weighted by Crippen LogP contribution is 2.24. The van der Waals surface area contributed by atoms with Gasteiger partial charge in [-0.2, -0.15) is 0 Å². The molecule has 4 nitrogen and oxygen atoms in total.